The van der Waals surface area contributed by atoms with Gasteiger partial charge in [-0.3, -0.25) is 0 Å². The molecule has 20 heavy (non-hydrogen) atoms. The summed E-state index contributed by atoms with van der Waals surface area (Å²) in [5, 5.41) is 0. The summed E-state index contributed by atoms with van der Waals surface area (Å²) in [6.07, 6.45) is 2.95. The Balaban J connectivity index is 2.07. The molecule has 0 aliphatic heterocycles. The zero-order valence-electron chi connectivity index (χ0n) is 11.1. The van der Waals surface area contributed by atoms with E-state index in [0.717, 1.165) is 16.6 Å². The molecule has 102 valence electrons. The summed E-state index contributed by atoms with van der Waals surface area (Å²) in [5.74, 6) is 0.679. The third kappa shape index (κ3) is 2.30. The van der Waals surface area contributed by atoms with Crippen molar-refractivity contribution in [2.45, 2.75) is 11.8 Å². The van der Waals surface area contributed by atoms with Crippen molar-refractivity contribution in [3.05, 3.63) is 42.1 Å². The average molecular weight is 287 g/mol. The van der Waals surface area contributed by atoms with Gasteiger partial charge in [0.15, 0.2) is 15.5 Å². The van der Waals surface area contributed by atoms with Gasteiger partial charge in [-0.05, 0) is 42.8 Å². The van der Waals surface area contributed by atoms with Gasteiger partial charge in [-0.1, -0.05) is 0 Å². The molecule has 0 unspecified atom stereocenters. The van der Waals surface area contributed by atoms with Crippen LogP contribution in [0.5, 0.6) is 0 Å². The Morgan fingerprint density at radius 3 is 2.50 bits per heavy atom. The zero-order valence-corrected chi connectivity index (χ0v) is 11.9. The van der Waals surface area contributed by atoms with Crippen LogP contribution in [-0.2, 0) is 9.84 Å². The first-order valence-electron chi connectivity index (χ1n) is 6.06. The van der Waals surface area contributed by atoms with Crippen molar-refractivity contribution in [2.24, 2.45) is 0 Å². The summed E-state index contributed by atoms with van der Waals surface area (Å²) in [7, 11) is -3.17. The van der Waals surface area contributed by atoms with Gasteiger partial charge < -0.3 is 4.98 Å². The molecule has 0 aliphatic carbocycles. The number of fused-ring (bicyclic) bond motifs is 1. The Bertz CT molecular complexity index is 880. The largest absolute Gasteiger partial charge is 0.337 e. The fourth-order valence-corrected chi connectivity index (χ4v) is 2.63. The molecule has 0 aliphatic rings. The molecule has 6 heteroatoms. The minimum atomic E-state index is -3.17. The van der Waals surface area contributed by atoms with E-state index in [0.29, 0.717) is 16.4 Å². The number of H-pyrrole nitrogens is 1. The van der Waals surface area contributed by atoms with Crippen LogP contribution in [0.1, 0.15) is 5.56 Å². The summed E-state index contributed by atoms with van der Waals surface area (Å²) in [5.41, 5.74) is 3.40. The Hall–Kier alpha value is -2.21. The molecule has 0 atom stereocenters. The number of pyridine rings is 1. The molecular weight excluding hydrogens is 274 g/mol. The standard InChI is InChI=1S/C14H13N3O2S/c1-9-7-12-14(15-8-9)17-13(16-12)10-3-5-11(6-4-10)20(2,18)19/h3-8H,1-2H3,(H,15,16,17). The second-order valence-electron chi connectivity index (χ2n) is 4.77. The zero-order chi connectivity index (χ0) is 14.3. The second kappa shape index (κ2) is 4.42. The molecule has 5 nitrogen and oxygen atoms in total. The number of aromatic nitrogens is 3. The predicted octanol–water partition coefficient (Wildman–Crippen LogP) is 2.34. The Morgan fingerprint density at radius 1 is 1.15 bits per heavy atom. The number of nitrogens with zero attached hydrogens (tertiary/aromatic N) is 2. The van der Waals surface area contributed by atoms with Crippen molar-refractivity contribution >= 4 is 21.0 Å². The molecule has 3 rings (SSSR count). The first-order chi connectivity index (χ1) is 9.43. The monoisotopic (exact) mass is 287 g/mol. The topological polar surface area (TPSA) is 75.7 Å². The highest BCUT2D eigenvalue weighted by Crippen LogP contribution is 2.21. The minimum Gasteiger partial charge on any atom is -0.337 e. The molecule has 0 radical (unpaired) electrons. The molecule has 0 saturated carbocycles. The van der Waals surface area contributed by atoms with Crippen LogP contribution in [0.3, 0.4) is 0 Å². The van der Waals surface area contributed by atoms with Gasteiger partial charge in [0.05, 0.1) is 10.4 Å². The van der Waals surface area contributed by atoms with Gasteiger partial charge >= 0.3 is 0 Å². The molecule has 2 aromatic heterocycles. The normalized spacial score (nSPS) is 11.9. The van der Waals surface area contributed by atoms with Gasteiger partial charge in [-0.15, -0.1) is 0 Å². The first kappa shape index (κ1) is 12.8. The Kier molecular flexibility index (Phi) is 2.83. The van der Waals surface area contributed by atoms with E-state index in [2.05, 4.69) is 15.0 Å². The highest BCUT2D eigenvalue weighted by atomic mass is 32.2. The van der Waals surface area contributed by atoms with E-state index in [1.807, 2.05) is 13.0 Å². The molecule has 0 bridgehead atoms. The maximum atomic E-state index is 11.4. The number of imidazole rings is 1. The van der Waals surface area contributed by atoms with Crippen molar-refractivity contribution in [3.63, 3.8) is 0 Å². The summed E-state index contributed by atoms with van der Waals surface area (Å²) in [4.78, 5) is 12.1. The SMILES string of the molecule is Cc1cnc2nc(-c3ccc(S(C)(=O)=O)cc3)[nH]c2c1. The Morgan fingerprint density at radius 2 is 1.85 bits per heavy atom. The first-order valence-corrected chi connectivity index (χ1v) is 7.95. The van der Waals surface area contributed by atoms with Crippen molar-refractivity contribution in [1.29, 1.82) is 0 Å². The summed E-state index contributed by atoms with van der Waals surface area (Å²) < 4.78 is 22.9. The number of aryl methyl sites for hydroxylation is 1. The van der Waals surface area contributed by atoms with Gasteiger partial charge in [-0.25, -0.2) is 18.4 Å². The molecule has 0 amide bonds. The molecule has 1 aromatic carbocycles. The van der Waals surface area contributed by atoms with Crippen molar-refractivity contribution < 1.29 is 8.42 Å². The molecule has 0 spiro atoms. The molecule has 0 fully saturated rings. The maximum Gasteiger partial charge on any atom is 0.178 e. The van der Waals surface area contributed by atoms with Gasteiger partial charge in [0, 0.05) is 18.0 Å². The van der Waals surface area contributed by atoms with E-state index in [4.69, 9.17) is 0 Å². The summed E-state index contributed by atoms with van der Waals surface area (Å²) in [6, 6.07) is 8.61. The third-order valence-electron chi connectivity index (χ3n) is 3.03. The predicted molar refractivity (Wildman–Crippen MR) is 77.2 cm³/mol. The van der Waals surface area contributed by atoms with Crippen molar-refractivity contribution in [1.82, 2.24) is 15.0 Å². The fraction of sp³-hybridized carbons (Fsp3) is 0.143. The maximum absolute atomic E-state index is 11.4. The lowest BCUT2D eigenvalue weighted by atomic mass is 10.2. The lowest BCUT2D eigenvalue weighted by Crippen LogP contribution is -1.96. The second-order valence-corrected chi connectivity index (χ2v) is 6.78. The van der Waals surface area contributed by atoms with Crippen LogP contribution in [0.4, 0.5) is 0 Å². The summed E-state index contributed by atoms with van der Waals surface area (Å²) >= 11 is 0. The number of benzene rings is 1. The van der Waals surface area contributed by atoms with E-state index in [9.17, 15) is 8.42 Å². The summed E-state index contributed by atoms with van der Waals surface area (Å²) in [6.45, 7) is 1.97. The van der Waals surface area contributed by atoms with E-state index in [1.54, 1.807) is 30.5 Å². The van der Waals surface area contributed by atoms with Gasteiger partial charge in [-0.2, -0.15) is 0 Å². The average Bonchev–Trinajstić information content (AvgIpc) is 2.80. The third-order valence-corrected chi connectivity index (χ3v) is 4.16. The van der Waals surface area contributed by atoms with Crippen molar-refractivity contribution in [2.75, 3.05) is 6.26 Å². The number of aromatic amines is 1. The number of nitrogens with one attached hydrogen (secondary N) is 1. The number of rotatable bonds is 2. The van der Waals surface area contributed by atoms with Crippen LogP contribution < -0.4 is 0 Å². The molecule has 1 N–H and O–H groups in total. The lowest BCUT2D eigenvalue weighted by Gasteiger charge is -1.99. The highest BCUT2D eigenvalue weighted by molar-refractivity contribution is 7.90. The van der Waals surface area contributed by atoms with E-state index in [-0.39, 0.29) is 0 Å². The lowest BCUT2D eigenvalue weighted by molar-refractivity contribution is 0.602. The van der Waals surface area contributed by atoms with E-state index < -0.39 is 9.84 Å². The van der Waals surface area contributed by atoms with E-state index in [1.165, 1.54) is 6.26 Å². The van der Waals surface area contributed by atoms with Crippen LogP contribution in [0, 0.1) is 6.92 Å². The van der Waals surface area contributed by atoms with Gasteiger partial charge in [0.25, 0.3) is 0 Å². The van der Waals surface area contributed by atoms with Crippen LogP contribution in [0.15, 0.2) is 41.4 Å². The highest BCUT2D eigenvalue weighted by Gasteiger charge is 2.09. The Labute approximate surface area is 116 Å². The molecular formula is C14H13N3O2S. The van der Waals surface area contributed by atoms with Crippen LogP contribution in [-0.4, -0.2) is 29.6 Å². The van der Waals surface area contributed by atoms with Crippen LogP contribution in [0.25, 0.3) is 22.6 Å². The number of hydrogen-bond acceptors (Lipinski definition) is 4. The quantitative estimate of drug-likeness (QED) is 0.785. The molecule has 2 heterocycles. The molecule has 3 aromatic rings. The van der Waals surface area contributed by atoms with Crippen molar-refractivity contribution in [3.8, 4) is 11.4 Å². The smallest absolute Gasteiger partial charge is 0.178 e. The fourth-order valence-electron chi connectivity index (χ4n) is 2.00. The number of hydrogen-bond donors (Lipinski definition) is 1. The molecule has 0 saturated heterocycles. The minimum absolute atomic E-state index is 0.298. The van der Waals surface area contributed by atoms with Gasteiger partial charge in [0.2, 0.25) is 0 Å². The van der Waals surface area contributed by atoms with Crippen LogP contribution in [0.2, 0.25) is 0 Å². The number of sulfone groups is 1. The van der Waals surface area contributed by atoms with E-state index >= 15 is 0 Å². The van der Waals surface area contributed by atoms with Crippen LogP contribution >= 0.6 is 0 Å². The van der Waals surface area contributed by atoms with Gasteiger partial charge in [0.1, 0.15) is 5.82 Å².